The van der Waals surface area contributed by atoms with E-state index in [0.717, 1.165) is 21.7 Å². The maximum atomic E-state index is 12.4. The SMILES string of the molecule is O=C(CSc1nnc(CSc2ccccc2)n1-c1ccccc1)Nc1ccc(Br)cc1. The van der Waals surface area contributed by atoms with Crippen molar-refractivity contribution in [3.63, 3.8) is 0 Å². The minimum Gasteiger partial charge on any atom is -0.325 e. The molecule has 8 heteroatoms. The molecule has 0 radical (unpaired) electrons. The van der Waals surface area contributed by atoms with E-state index in [4.69, 9.17) is 0 Å². The Morgan fingerprint density at radius 2 is 1.55 bits per heavy atom. The third kappa shape index (κ3) is 6.00. The lowest BCUT2D eigenvalue weighted by Gasteiger charge is -2.10. The average Bonchev–Trinajstić information content (AvgIpc) is 3.22. The molecule has 0 saturated carbocycles. The van der Waals surface area contributed by atoms with Crippen molar-refractivity contribution >= 4 is 51.0 Å². The van der Waals surface area contributed by atoms with Gasteiger partial charge in [0.25, 0.3) is 0 Å². The van der Waals surface area contributed by atoms with Gasteiger partial charge in [-0.1, -0.05) is 64.1 Å². The minimum atomic E-state index is -0.0878. The zero-order valence-electron chi connectivity index (χ0n) is 16.4. The number of carbonyl (C=O) groups excluding carboxylic acids is 1. The zero-order valence-corrected chi connectivity index (χ0v) is 19.7. The molecule has 0 fully saturated rings. The smallest absolute Gasteiger partial charge is 0.234 e. The second-order valence-electron chi connectivity index (χ2n) is 6.52. The number of hydrogen-bond acceptors (Lipinski definition) is 5. The minimum absolute atomic E-state index is 0.0878. The number of aromatic nitrogens is 3. The van der Waals surface area contributed by atoms with Crippen LogP contribution in [0.3, 0.4) is 0 Å². The van der Waals surface area contributed by atoms with E-state index in [1.165, 1.54) is 16.7 Å². The summed E-state index contributed by atoms with van der Waals surface area (Å²) in [4.78, 5) is 13.6. The molecule has 1 amide bonds. The van der Waals surface area contributed by atoms with Gasteiger partial charge in [-0.05, 0) is 48.5 Å². The molecule has 0 aliphatic carbocycles. The molecule has 1 heterocycles. The monoisotopic (exact) mass is 510 g/mol. The van der Waals surface area contributed by atoms with E-state index in [1.54, 1.807) is 11.8 Å². The third-order valence-electron chi connectivity index (χ3n) is 4.29. The fourth-order valence-corrected chi connectivity index (χ4v) is 4.72. The lowest BCUT2D eigenvalue weighted by Crippen LogP contribution is -2.14. The number of hydrogen-bond donors (Lipinski definition) is 1. The van der Waals surface area contributed by atoms with Crippen LogP contribution in [-0.4, -0.2) is 26.4 Å². The van der Waals surface area contributed by atoms with Crippen molar-refractivity contribution in [1.82, 2.24) is 14.8 Å². The third-order valence-corrected chi connectivity index (χ3v) is 6.75. The first-order valence-corrected chi connectivity index (χ1v) is 12.3. The molecule has 5 nitrogen and oxygen atoms in total. The van der Waals surface area contributed by atoms with Crippen LogP contribution in [0.1, 0.15) is 5.82 Å². The molecule has 0 atom stereocenters. The Kier molecular flexibility index (Phi) is 7.45. The first kappa shape index (κ1) is 21.7. The van der Waals surface area contributed by atoms with Crippen LogP contribution in [0, 0.1) is 0 Å². The number of rotatable bonds is 8. The van der Waals surface area contributed by atoms with E-state index < -0.39 is 0 Å². The molecule has 1 N–H and O–H groups in total. The van der Waals surface area contributed by atoms with E-state index in [1.807, 2.05) is 77.4 Å². The Balaban J connectivity index is 1.48. The lowest BCUT2D eigenvalue weighted by molar-refractivity contribution is -0.113. The van der Waals surface area contributed by atoms with Crippen molar-refractivity contribution < 1.29 is 4.79 Å². The van der Waals surface area contributed by atoms with Gasteiger partial charge < -0.3 is 5.32 Å². The van der Waals surface area contributed by atoms with Gasteiger partial charge in [0.15, 0.2) is 5.16 Å². The number of anilines is 1. The number of carbonyl (C=O) groups is 1. The molecule has 3 aromatic carbocycles. The van der Waals surface area contributed by atoms with Crippen LogP contribution in [-0.2, 0) is 10.5 Å². The Labute approximate surface area is 197 Å². The first-order valence-electron chi connectivity index (χ1n) is 9.55. The maximum absolute atomic E-state index is 12.4. The van der Waals surface area contributed by atoms with E-state index in [2.05, 4.69) is 43.6 Å². The van der Waals surface area contributed by atoms with E-state index >= 15 is 0 Å². The van der Waals surface area contributed by atoms with Crippen LogP contribution >= 0.6 is 39.5 Å². The van der Waals surface area contributed by atoms with Gasteiger partial charge in [-0.15, -0.1) is 22.0 Å². The van der Waals surface area contributed by atoms with Gasteiger partial charge in [-0.2, -0.15) is 0 Å². The van der Waals surface area contributed by atoms with Crippen molar-refractivity contribution in [1.29, 1.82) is 0 Å². The number of para-hydroxylation sites is 1. The molecule has 1 aromatic heterocycles. The highest BCUT2D eigenvalue weighted by molar-refractivity contribution is 9.10. The topological polar surface area (TPSA) is 59.8 Å². The molecule has 4 rings (SSSR count). The summed E-state index contributed by atoms with van der Waals surface area (Å²) in [6.45, 7) is 0. The summed E-state index contributed by atoms with van der Waals surface area (Å²) in [5.74, 6) is 1.68. The number of thioether (sulfide) groups is 2. The molecule has 156 valence electrons. The molecule has 0 spiro atoms. The highest BCUT2D eigenvalue weighted by atomic mass is 79.9. The van der Waals surface area contributed by atoms with Gasteiger partial charge in [0.05, 0.1) is 11.5 Å². The molecular weight excluding hydrogens is 492 g/mol. The normalized spacial score (nSPS) is 10.7. The van der Waals surface area contributed by atoms with Crippen LogP contribution < -0.4 is 5.32 Å². The Hall–Kier alpha value is -2.55. The lowest BCUT2D eigenvalue weighted by atomic mass is 10.3. The van der Waals surface area contributed by atoms with E-state index in [0.29, 0.717) is 10.9 Å². The highest BCUT2D eigenvalue weighted by Gasteiger charge is 2.16. The van der Waals surface area contributed by atoms with Gasteiger partial charge >= 0.3 is 0 Å². The zero-order chi connectivity index (χ0) is 21.5. The molecule has 0 unspecified atom stereocenters. The van der Waals surface area contributed by atoms with Crippen LogP contribution in [0.4, 0.5) is 5.69 Å². The number of nitrogens with one attached hydrogen (secondary N) is 1. The molecular formula is C23H19BrN4OS2. The molecule has 0 saturated heterocycles. The van der Waals surface area contributed by atoms with Crippen molar-refractivity contribution in [3.05, 3.63) is 95.2 Å². The summed E-state index contributed by atoms with van der Waals surface area (Å²) in [5.41, 5.74) is 1.74. The number of nitrogens with zero attached hydrogens (tertiary/aromatic N) is 3. The van der Waals surface area contributed by atoms with Gasteiger partial charge in [0.2, 0.25) is 5.91 Å². The average molecular weight is 511 g/mol. The second-order valence-corrected chi connectivity index (χ2v) is 9.42. The highest BCUT2D eigenvalue weighted by Crippen LogP contribution is 2.27. The largest absolute Gasteiger partial charge is 0.325 e. The van der Waals surface area contributed by atoms with Crippen LogP contribution in [0.2, 0.25) is 0 Å². The number of halogens is 1. The Morgan fingerprint density at radius 1 is 0.871 bits per heavy atom. The molecule has 0 aliphatic rings. The quantitative estimate of drug-likeness (QED) is 0.292. The van der Waals surface area contributed by atoms with E-state index in [9.17, 15) is 4.79 Å². The Bertz CT molecular complexity index is 1140. The second kappa shape index (κ2) is 10.7. The van der Waals surface area contributed by atoms with Crippen molar-refractivity contribution in [2.24, 2.45) is 0 Å². The van der Waals surface area contributed by atoms with Crippen LogP contribution in [0.25, 0.3) is 5.69 Å². The molecule has 0 bridgehead atoms. The number of amides is 1. The van der Waals surface area contributed by atoms with Crippen molar-refractivity contribution in [3.8, 4) is 5.69 Å². The van der Waals surface area contributed by atoms with Crippen molar-refractivity contribution in [2.75, 3.05) is 11.1 Å². The summed E-state index contributed by atoms with van der Waals surface area (Å²) in [6.07, 6.45) is 0. The summed E-state index contributed by atoms with van der Waals surface area (Å²) in [5, 5.41) is 12.4. The predicted octanol–water partition coefficient (Wildman–Crippen LogP) is 6.05. The summed E-state index contributed by atoms with van der Waals surface area (Å²) >= 11 is 6.48. The maximum Gasteiger partial charge on any atom is 0.234 e. The van der Waals surface area contributed by atoms with Gasteiger partial charge in [-0.25, -0.2) is 0 Å². The first-order chi connectivity index (χ1) is 15.2. The molecule has 0 aliphatic heterocycles. The summed E-state index contributed by atoms with van der Waals surface area (Å²) in [7, 11) is 0. The standard InChI is InChI=1S/C23H19BrN4OS2/c24-17-11-13-18(14-12-17)25-22(29)16-31-23-27-26-21(15-30-20-9-5-2-6-10-20)28(23)19-7-3-1-4-8-19/h1-14H,15-16H2,(H,25,29). The molecule has 4 aromatic rings. The fraction of sp³-hybridized carbons (Fsp3) is 0.0870. The van der Waals surface area contributed by atoms with Crippen LogP contribution in [0.5, 0.6) is 0 Å². The number of benzene rings is 3. The van der Waals surface area contributed by atoms with Gasteiger partial charge in [-0.3, -0.25) is 9.36 Å². The van der Waals surface area contributed by atoms with Gasteiger partial charge in [0.1, 0.15) is 5.82 Å². The van der Waals surface area contributed by atoms with Crippen molar-refractivity contribution in [2.45, 2.75) is 15.8 Å². The molecule has 31 heavy (non-hydrogen) atoms. The van der Waals surface area contributed by atoms with E-state index in [-0.39, 0.29) is 11.7 Å². The Morgan fingerprint density at radius 3 is 2.26 bits per heavy atom. The van der Waals surface area contributed by atoms with Gasteiger partial charge in [0, 0.05) is 20.7 Å². The predicted molar refractivity (Wildman–Crippen MR) is 131 cm³/mol. The fourth-order valence-electron chi connectivity index (χ4n) is 2.85. The van der Waals surface area contributed by atoms with Crippen LogP contribution in [0.15, 0.2) is 99.5 Å². The summed E-state index contributed by atoms with van der Waals surface area (Å²) in [6, 6.07) is 27.7. The summed E-state index contributed by atoms with van der Waals surface area (Å²) < 4.78 is 2.99.